The molecular weight excluding hydrogens is 318 g/mol. The van der Waals surface area contributed by atoms with Gasteiger partial charge in [-0.1, -0.05) is 18.7 Å². The topological polar surface area (TPSA) is 131 Å². The van der Waals surface area contributed by atoms with Gasteiger partial charge in [0.1, 0.15) is 6.33 Å². The SMILES string of the molecule is CCC(Sc1ncnc(N)n1)C(=O)Nc1ccc(C(=O)O)cc1. The van der Waals surface area contributed by atoms with E-state index in [0.717, 1.165) is 0 Å². The van der Waals surface area contributed by atoms with Gasteiger partial charge in [0.15, 0.2) is 5.16 Å². The average molecular weight is 333 g/mol. The van der Waals surface area contributed by atoms with Crippen LogP contribution in [-0.2, 0) is 4.79 Å². The smallest absolute Gasteiger partial charge is 0.335 e. The number of carboxylic acid groups (broad SMARTS) is 1. The summed E-state index contributed by atoms with van der Waals surface area (Å²) in [6, 6.07) is 5.94. The molecule has 1 heterocycles. The molecule has 0 radical (unpaired) electrons. The highest BCUT2D eigenvalue weighted by Gasteiger charge is 2.19. The van der Waals surface area contributed by atoms with E-state index in [0.29, 0.717) is 17.3 Å². The summed E-state index contributed by atoms with van der Waals surface area (Å²) in [6.45, 7) is 1.87. The number of anilines is 2. The van der Waals surface area contributed by atoms with Gasteiger partial charge in [-0.05, 0) is 30.7 Å². The standard InChI is InChI=1S/C14H15N5O3S/c1-2-10(23-14-17-7-16-13(15)19-14)11(20)18-9-5-3-8(4-6-9)12(21)22/h3-7,10H,2H2,1H3,(H,18,20)(H,21,22)(H2,15,16,17,19). The zero-order valence-corrected chi connectivity index (χ0v) is 13.1. The molecule has 1 aromatic carbocycles. The summed E-state index contributed by atoms with van der Waals surface area (Å²) in [4.78, 5) is 34.7. The van der Waals surface area contributed by atoms with Crippen LogP contribution in [0.1, 0.15) is 23.7 Å². The van der Waals surface area contributed by atoms with Crippen molar-refractivity contribution < 1.29 is 14.7 Å². The molecule has 2 rings (SSSR count). The summed E-state index contributed by atoms with van der Waals surface area (Å²) in [5.74, 6) is -1.14. The number of carbonyl (C=O) groups excluding carboxylic acids is 1. The Morgan fingerprint density at radius 1 is 1.30 bits per heavy atom. The molecule has 23 heavy (non-hydrogen) atoms. The molecule has 0 saturated heterocycles. The van der Waals surface area contributed by atoms with Gasteiger partial charge in [-0.2, -0.15) is 4.98 Å². The van der Waals surface area contributed by atoms with Crippen molar-refractivity contribution in [1.29, 1.82) is 0 Å². The van der Waals surface area contributed by atoms with Crippen molar-refractivity contribution in [2.75, 3.05) is 11.1 Å². The van der Waals surface area contributed by atoms with Crippen LogP contribution in [0.2, 0.25) is 0 Å². The van der Waals surface area contributed by atoms with Crippen molar-refractivity contribution >= 4 is 35.3 Å². The third kappa shape index (κ3) is 4.65. The van der Waals surface area contributed by atoms with Gasteiger partial charge in [0.25, 0.3) is 0 Å². The summed E-state index contributed by atoms with van der Waals surface area (Å²) in [5.41, 5.74) is 6.17. The lowest BCUT2D eigenvalue weighted by atomic mass is 10.2. The number of carbonyl (C=O) groups is 2. The molecule has 0 aliphatic heterocycles. The number of rotatable bonds is 6. The van der Waals surface area contributed by atoms with Crippen LogP contribution >= 0.6 is 11.8 Å². The minimum absolute atomic E-state index is 0.0991. The molecule has 2 aromatic rings. The van der Waals surface area contributed by atoms with Crippen LogP contribution in [0.25, 0.3) is 0 Å². The molecule has 8 nitrogen and oxygen atoms in total. The molecule has 1 unspecified atom stereocenters. The van der Waals surface area contributed by atoms with Crippen LogP contribution in [0, 0.1) is 0 Å². The Morgan fingerprint density at radius 2 is 2.00 bits per heavy atom. The highest BCUT2D eigenvalue weighted by Crippen LogP contribution is 2.23. The maximum absolute atomic E-state index is 12.3. The van der Waals surface area contributed by atoms with Crippen molar-refractivity contribution in [1.82, 2.24) is 15.0 Å². The Labute approximate surface area is 136 Å². The van der Waals surface area contributed by atoms with Crippen molar-refractivity contribution in [2.45, 2.75) is 23.8 Å². The van der Waals surface area contributed by atoms with Crippen LogP contribution in [0.5, 0.6) is 0 Å². The zero-order valence-electron chi connectivity index (χ0n) is 12.3. The molecule has 120 valence electrons. The second-order valence-corrected chi connectivity index (χ2v) is 5.68. The predicted molar refractivity (Wildman–Crippen MR) is 86.2 cm³/mol. The molecule has 0 aliphatic rings. The summed E-state index contributed by atoms with van der Waals surface area (Å²) >= 11 is 1.19. The lowest BCUT2D eigenvalue weighted by molar-refractivity contribution is -0.115. The van der Waals surface area contributed by atoms with Crippen molar-refractivity contribution in [2.24, 2.45) is 0 Å². The van der Waals surface area contributed by atoms with Crippen molar-refractivity contribution in [3.63, 3.8) is 0 Å². The first-order valence-electron chi connectivity index (χ1n) is 6.75. The van der Waals surface area contributed by atoms with Gasteiger partial charge in [-0.3, -0.25) is 4.79 Å². The second-order valence-electron chi connectivity index (χ2n) is 4.51. The minimum Gasteiger partial charge on any atom is -0.478 e. The maximum Gasteiger partial charge on any atom is 0.335 e. The first-order valence-corrected chi connectivity index (χ1v) is 7.63. The number of aromatic carboxylic acids is 1. The van der Waals surface area contributed by atoms with E-state index in [2.05, 4.69) is 20.3 Å². The van der Waals surface area contributed by atoms with Crippen molar-refractivity contribution in [3.8, 4) is 0 Å². The number of thioether (sulfide) groups is 1. The molecule has 1 atom stereocenters. The van der Waals surface area contributed by atoms with Gasteiger partial charge >= 0.3 is 5.97 Å². The van der Waals surface area contributed by atoms with E-state index < -0.39 is 11.2 Å². The molecule has 9 heteroatoms. The number of aromatic nitrogens is 3. The average Bonchev–Trinajstić information content (AvgIpc) is 2.53. The Balaban J connectivity index is 2.03. The summed E-state index contributed by atoms with van der Waals surface area (Å²) in [6.07, 6.45) is 1.86. The number of amides is 1. The van der Waals surface area contributed by atoms with Crippen LogP contribution in [0.15, 0.2) is 35.7 Å². The van der Waals surface area contributed by atoms with Crippen LogP contribution in [-0.4, -0.2) is 37.2 Å². The first kappa shape index (κ1) is 16.7. The molecular formula is C14H15N5O3S. The van der Waals surface area contributed by atoms with Crippen LogP contribution < -0.4 is 11.1 Å². The molecule has 1 aromatic heterocycles. The number of carboxylic acids is 1. The van der Waals surface area contributed by atoms with Crippen LogP contribution in [0.4, 0.5) is 11.6 Å². The number of nitrogens with one attached hydrogen (secondary N) is 1. The fourth-order valence-corrected chi connectivity index (χ4v) is 2.56. The quantitative estimate of drug-likeness (QED) is 0.680. The highest BCUT2D eigenvalue weighted by atomic mass is 32.2. The fourth-order valence-electron chi connectivity index (χ4n) is 1.72. The second kappa shape index (κ2) is 7.54. The molecule has 0 aliphatic carbocycles. The Kier molecular flexibility index (Phi) is 5.47. The Hall–Kier alpha value is -2.68. The Morgan fingerprint density at radius 3 is 2.57 bits per heavy atom. The molecule has 0 saturated carbocycles. The number of nitrogen functional groups attached to an aromatic ring is 1. The van der Waals surface area contributed by atoms with Gasteiger partial charge in [0, 0.05) is 5.69 Å². The van der Waals surface area contributed by atoms with E-state index in [9.17, 15) is 9.59 Å². The van der Waals surface area contributed by atoms with E-state index in [1.807, 2.05) is 6.92 Å². The van der Waals surface area contributed by atoms with E-state index >= 15 is 0 Å². The largest absolute Gasteiger partial charge is 0.478 e. The van der Waals surface area contributed by atoms with Gasteiger partial charge in [-0.25, -0.2) is 14.8 Å². The maximum atomic E-state index is 12.3. The Bertz CT molecular complexity index is 708. The third-order valence-corrected chi connectivity index (χ3v) is 4.12. The van der Waals surface area contributed by atoms with Gasteiger partial charge in [0.05, 0.1) is 10.8 Å². The monoisotopic (exact) mass is 333 g/mol. The zero-order chi connectivity index (χ0) is 16.8. The number of benzene rings is 1. The number of nitrogens with two attached hydrogens (primary N) is 1. The molecule has 1 amide bonds. The van der Waals surface area contributed by atoms with Gasteiger partial charge < -0.3 is 16.2 Å². The molecule has 0 spiro atoms. The molecule has 4 N–H and O–H groups in total. The third-order valence-electron chi connectivity index (χ3n) is 2.88. The lowest BCUT2D eigenvalue weighted by Gasteiger charge is -2.13. The summed E-state index contributed by atoms with van der Waals surface area (Å²) < 4.78 is 0. The van der Waals surface area contributed by atoms with Gasteiger partial charge in [0.2, 0.25) is 11.9 Å². The van der Waals surface area contributed by atoms with Gasteiger partial charge in [-0.15, -0.1) is 0 Å². The van der Waals surface area contributed by atoms with Crippen LogP contribution in [0.3, 0.4) is 0 Å². The number of hydrogen-bond donors (Lipinski definition) is 3. The normalized spacial score (nSPS) is 11.7. The van der Waals surface area contributed by atoms with Crippen molar-refractivity contribution in [3.05, 3.63) is 36.2 Å². The number of hydrogen-bond acceptors (Lipinski definition) is 7. The fraction of sp³-hybridized carbons (Fsp3) is 0.214. The molecule has 0 bridgehead atoms. The van der Waals surface area contributed by atoms with E-state index in [1.165, 1.54) is 30.2 Å². The molecule has 0 fully saturated rings. The first-order chi connectivity index (χ1) is 11.0. The number of nitrogens with zero attached hydrogens (tertiary/aromatic N) is 3. The lowest BCUT2D eigenvalue weighted by Crippen LogP contribution is -2.25. The van der Waals surface area contributed by atoms with E-state index in [4.69, 9.17) is 10.8 Å². The van der Waals surface area contributed by atoms with E-state index in [-0.39, 0.29) is 17.4 Å². The highest BCUT2D eigenvalue weighted by molar-refractivity contribution is 8.00. The minimum atomic E-state index is -1.02. The summed E-state index contributed by atoms with van der Waals surface area (Å²) in [7, 11) is 0. The predicted octanol–water partition coefficient (Wildman–Crippen LogP) is 1.66. The summed E-state index contributed by atoms with van der Waals surface area (Å²) in [5, 5.41) is 11.6. The van der Waals surface area contributed by atoms with E-state index in [1.54, 1.807) is 12.1 Å².